The number of halogens is 1. The van der Waals surface area contributed by atoms with Crippen LogP contribution in [-0.4, -0.2) is 65.7 Å². The van der Waals surface area contributed by atoms with Crippen LogP contribution in [0.25, 0.3) is 0 Å². The van der Waals surface area contributed by atoms with E-state index < -0.39 is 53.4 Å². The van der Waals surface area contributed by atoms with Crippen LogP contribution in [0.1, 0.15) is 33.6 Å². The predicted octanol–water partition coefficient (Wildman–Crippen LogP) is -0.393. The minimum Gasteiger partial charge on any atom is -0.460 e. The summed E-state index contributed by atoms with van der Waals surface area (Å²) in [4.78, 5) is 69.4. The van der Waals surface area contributed by atoms with Crippen molar-refractivity contribution < 1.29 is 43.1 Å². The Morgan fingerprint density at radius 1 is 1.32 bits per heavy atom. The van der Waals surface area contributed by atoms with E-state index in [2.05, 4.69) is 5.32 Å². The van der Waals surface area contributed by atoms with Crippen molar-refractivity contribution in [3.8, 4) is 0 Å². The molecule has 1 N–H and O–H groups in total. The molecule has 0 radical (unpaired) electrons. The predicted molar refractivity (Wildman–Crippen MR) is 90.0 cm³/mol. The Balaban J connectivity index is 2.04. The van der Waals surface area contributed by atoms with Crippen molar-refractivity contribution in [1.82, 2.24) is 10.5 Å². The molecule has 2 atom stereocenters. The lowest BCUT2D eigenvalue weighted by Gasteiger charge is -2.27. The van der Waals surface area contributed by atoms with Gasteiger partial charge in [0.1, 0.15) is 25.1 Å². The molecule has 2 aliphatic rings. The standard InChI is InChI=1S/C16H21ClN2O9/c1-15(2,3)13(23)25-8-16(5-4-11(21)27-16)14(24)28-19-12(22)9(7-26-19)18-10(20)6-17/h9H,4-8H2,1-3H3,(H,18,20)/t9-,16?/m0/s1. The molecule has 0 spiro atoms. The van der Waals surface area contributed by atoms with Gasteiger partial charge in [0.15, 0.2) is 0 Å². The summed E-state index contributed by atoms with van der Waals surface area (Å²) in [6, 6.07) is -1.08. The van der Waals surface area contributed by atoms with Crippen LogP contribution in [0.5, 0.6) is 0 Å². The third-order valence-electron chi connectivity index (χ3n) is 3.92. The SMILES string of the molecule is CC(C)(C)C(=O)OCC1(C(=O)ON2OC[C@H](NC(=O)CCl)C2=O)CCC(=O)O1. The lowest BCUT2D eigenvalue weighted by molar-refractivity contribution is -0.310. The van der Waals surface area contributed by atoms with Gasteiger partial charge in [-0.15, -0.1) is 11.6 Å². The zero-order valence-electron chi connectivity index (χ0n) is 15.6. The Bertz CT molecular complexity index is 690. The van der Waals surface area contributed by atoms with E-state index in [1.165, 1.54) is 0 Å². The zero-order valence-corrected chi connectivity index (χ0v) is 16.4. The second-order valence-electron chi connectivity index (χ2n) is 7.32. The molecule has 0 bridgehead atoms. The number of carbonyl (C=O) groups excluding carboxylic acids is 5. The molecule has 12 heteroatoms. The Hall–Kier alpha value is -2.40. The van der Waals surface area contributed by atoms with Crippen LogP contribution in [0.2, 0.25) is 0 Å². The number of carbonyl (C=O) groups is 5. The van der Waals surface area contributed by atoms with E-state index in [0.29, 0.717) is 5.23 Å². The summed E-state index contributed by atoms with van der Waals surface area (Å²) >= 11 is 5.36. The van der Waals surface area contributed by atoms with Gasteiger partial charge in [-0.1, -0.05) is 0 Å². The highest BCUT2D eigenvalue weighted by Gasteiger charge is 2.53. The van der Waals surface area contributed by atoms with Crippen molar-refractivity contribution >= 4 is 41.3 Å². The van der Waals surface area contributed by atoms with Crippen LogP contribution in [0.3, 0.4) is 0 Å². The van der Waals surface area contributed by atoms with E-state index in [1.807, 2.05) is 0 Å². The third kappa shape index (κ3) is 4.90. The first-order chi connectivity index (χ1) is 13.0. The number of cyclic esters (lactones) is 1. The molecule has 0 aromatic carbocycles. The topological polar surface area (TPSA) is 138 Å². The maximum atomic E-state index is 12.6. The lowest BCUT2D eigenvalue weighted by atomic mass is 9.97. The quantitative estimate of drug-likeness (QED) is 0.449. The molecule has 11 nitrogen and oxygen atoms in total. The molecule has 0 aromatic heterocycles. The van der Waals surface area contributed by atoms with Gasteiger partial charge in [0.25, 0.3) is 0 Å². The number of hydrogen-bond acceptors (Lipinski definition) is 9. The summed E-state index contributed by atoms with van der Waals surface area (Å²) in [7, 11) is 0. The van der Waals surface area contributed by atoms with Crippen molar-refractivity contribution in [3.05, 3.63) is 0 Å². The highest BCUT2D eigenvalue weighted by molar-refractivity contribution is 6.27. The number of alkyl halides is 1. The van der Waals surface area contributed by atoms with E-state index in [1.54, 1.807) is 20.8 Å². The molecule has 2 fully saturated rings. The molecule has 2 rings (SSSR count). The van der Waals surface area contributed by atoms with E-state index in [4.69, 9.17) is 30.7 Å². The van der Waals surface area contributed by atoms with E-state index in [-0.39, 0.29) is 25.3 Å². The average Bonchev–Trinajstić information content (AvgIpc) is 3.17. The smallest absolute Gasteiger partial charge is 0.382 e. The molecule has 2 aliphatic heterocycles. The summed E-state index contributed by atoms with van der Waals surface area (Å²) in [5, 5.41) is 2.58. The van der Waals surface area contributed by atoms with Gasteiger partial charge < -0.3 is 19.6 Å². The number of ether oxygens (including phenoxy) is 2. The molecule has 156 valence electrons. The van der Waals surface area contributed by atoms with Gasteiger partial charge in [-0.25, -0.2) is 9.63 Å². The first kappa shape index (κ1) is 21.9. The number of nitrogens with zero attached hydrogens (tertiary/aromatic N) is 1. The van der Waals surface area contributed by atoms with Crippen LogP contribution >= 0.6 is 11.6 Å². The van der Waals surface area contributed by atoms with Crippen LogP contribution < -0.4 is 5.32 Å². The monoisotopic (exact) mass is 420 g/mol. The Labute approximate surface area is 165 Å². The fraction of sp³-hybridized carbons (Fsp3) is 0.688. The first-order valence-corrected chi connectivity index (χ1v) is 8.95. The molecular weight excluding hydrogens is 400 g/mol. The molecular formula is C16H21ClN2O9. The number of rotatable bonds is 6. The number of amides is 2. The largest absolute Gasteiger partial charge is 0.460 e. The number of esters is 2. The third-order valence-corrected chi connectivity index (χ3v) is 4.16. The van der Waals surface area contributed by atoms with Crippen LogP contribution in [0.4, 0.5) is 0 Å². The van der Waals surface area contributed by atoms with Crippen LogP contribution in [0.15, 0.2) is 0 Å². The van der Waals surface area contributed by atoms with Crippen molar-refractivity contribution in [2.24, 2.45) is 5.41 Å². The Morgan fingerprint density at radius 2 is 2.00 bits per heavy atom. The highest BCUT2D eigenvalue weighted by atomic mass is 35.5. The summed E-state index contributed by atoms with van der Waals surface area (Å²) in [6.45, 7) is 4.01. The molecule has 2 amide bonds. The average molecular weight is 421 g/mol. The van der Waals surface area contributed by atoms with E-state index >= 15 is 0 Å². The molecule has 0 saturated carbocycles. The zero-order chi connectivity index (χ0) is 21.1. The molecule has 0 aliphatic carbocycles. The first-order valence-electron chi connectivity index (χ1n) is 8.42. The van der Waals surface area contributed by atoms with Crippen LogP contribution in [-0.2, 0) is 43.1 Å². The van der Waals surface area contributed by atoms with Crippen molar-refractivity contribution in [2.75, 3.05) is 19.1 Å². The van der Waals surface area contributed by atoms with Gasteiger partial charge in [-0.3, -0.25) is 19.2 Å². The molecule has 0 aromatic rings. The fourth-order valence-corrected chi connectivity index (χ4v) is 2.37. The summed E-state index contributed by atoms with van der Waals surface area (Å²) < 4.78 is 10.2. The highest BCUT2D eigenvalue weighted by Crippen LogP contribution is 2.30. The number of hydroxylamine groups is 2. The van der Waals surface area contributed by atoms with Crippen molar-refractivity contribution in [1.29, 1.82) is 0 Å². The van der Waals surface area contributed by atoms with Crippen molar-refractivity contribution in [3.63, 3.8) is 0 Å². The van der Waals surface area contributed by atoms with Gasteiger partial charge in [0, 0.05) is 6.42 Å². The van der Waals surface area contributed by atoms with Gasteiger partial charge in [0.2, 0.25) is 11.5 Å². The van der Waals surface area contributed by atoms with E-state index in [0.717, 1.165) is 0 Å². The summed E-state index contributed by atoms with van der Waals surface area (Å²) in [5.74, 6) is -4.24. The normalized spacial score (nSPS) is 24.7. The second-order valence-corrected chi connectivity index (χ2v) is 7.59. The van der Waals surface area contributed by atoms with Gasteiger partial charge in [-0.2, -0.15) is 0 Å². The summed E-state index contributed by atoms with van der Waals surface area (Å²) in [5.41, 5.74) is -2.73. The molecule has 2 saturated heterocycles. The number of hydrogen-bond donors (Lipinski definition) is 1. The minimum absolute atomic E-state index is 0.0919. The maximum Gasteiger partial charge on any atom is 0.382 e. The molecule has 1 unspecified atom stereocenters. The number of nitrogens with one attached hydrogen (secondary N) is 1. The van der Waals surface area contributed by atoms with Gasteiger partial charge in [-0.05, 0) is 26.0 Å². The lowest BCUT2D eigenvalue weighted by Crippen LogP contribution is -2.49. The fourth-order valence-electron chi connectivity index (χ4n) is 2.30. The minimum atomic E-state index is -1.89. The maximum absolute atomic E-state index is 12.6. The molecule has 2 heterocycles. The van der Waals surface area contributed by atoms with Crippen LogP contribution in [0, 0.1) is 5.41 Å². The second kappa shape index (κ2) is 8.31. The molecule has 28 heavy (non-hydrogen) atoms. The van der Waals surface area contributed by atoms with E-state index in [9.17, 15) is 24.0 Å². The van der Waals surface area contributed by atoms with Gasteiger partial charge >= 0.3 is 23.8 Å². The Morgan fingerprint density at radius 3 is 2.54 bits per heavy atom. The van der Waals surface area contributed by atoms with Crippen molar-refractivity contribution in [2.45, 2.75) is 45.3 Å². The Kier molecular flexibility index (Phi) is 6.50. The van der Waals surface area contributed by atoms with Gasteiger partial charge in [0.05, 0.1) is 11.8 Å². The summed E-state index contributed by atoms with van der Waals surface area (Å²) in [6.07, 6.45) is -0.193.